The van der Waals surface area contributed by atoms with Gasteiger partial charge in [0.2, 0.25) is 0 Å². The van der Waals surface area contributed by atoms with E-state index in [2.05, 4.69) is 28.8 Å². The molecule has 1 amide bonds. The van der Waals surface area contributed by atoms with Crippen molar-refractivity contribution in [1.82, 2.24) is 19.9 Å². The molecule has 120 valence electrons. The van der Waals surface area contributed by atoms with Crippen LogP contribution in [0, 0.1) is 0 Å². The van der Waals surface area contributed by atoms with Crippen LogP contribution in [0.15, 0.2) is 30.7 Å². The third-order valence-electron chi connectivity index (χ3n) is 3.82. The van der Waals surface area contributed by atoms with Crippen molar-refractivity contribution in [3.8, 4) is 11.4 Å². The van der Waals surface area contributed by atoms with E-state index in [1.807, 2.05) is 6.07 Å². The van der Waals surface area contributed by atoms with E-state index in [1.54, 1.807) is 29.6 Å². The van der Waals surface area contributed by atoms with Crippen molar-refractivity contribution in [3.05, 3.63) is 42.0 Å². The molecule has 0 atom stereocenters. The first-order valence-corrected chi connectivity index (χ1v) is 7.81. The minimum atomic E-state index is -0.00409. The smallest absolute Gasteiger partial charge is 0.255 e. The number of nitrogens with zero attached hydrogens (tertiary/aromatic N) is 4. The summed E-state index contributed by atoms with van der Waals surface area (Å²) < 4.78 is 5.27. The first-order valence-electron chi connectivity index (χ1n) is 7.81. The SMILES string of the molecule is CC(C)c1nccnc1-c1ccc(C(=O)N2CCOCC2)cn1. The molecule has 0 N–H and O–H groups in total. The van der Waals surface area contributed by atoms with E-state index in [4.69, 9.17) is 4.74 Å². The van der Waals surface area contributed by atoms with Gasteiger partial charge in [-0.15, -0.1) is 0 Å². The maximum atomic E-state index is 12.4. The number of pyridine rings is 1. The van der Waals surface area contributed by atoms with Crippen LogP contribution in [0.2, 0.25) is 0 Å². The molecule has 2 aromatic heterocycles. The van der Waals surface area contributed by atoms with Gasteiger partial charge in [-0.2, -0.15) is 0 Å². The number of morpholine rings is 1. The molecule has 0 aromatic carbocycles. The van der Waals surface area contributed by atoms with Gasteiger partial charge < -0.3 is 9.64 Å². The molecule has 1 saturated heterocycles. The molecule has 3 heterocycles. The van der Waals surface area contributed by atoms with Gasteiger partial charge in [-0.3, -0.25) is 19.7 Å². The Balaban J connectivity index is 1.84. The lowest BCUT2D eigenvalue weighted by Crippen LogP contribution is -2.40. The lowest BCUT2D eigenvalue weighted by atomic mass is 10.1. The normalized spacial score (nSPS) is 15.0. The van der Waals surface area contributed by atoms with Crippen molar-refractivity contribution in [2.75, 3.05) is 26.3 Å². The van der Waals surface area contributed by atoms with E-state index in [9.17, 15) is 4.79 Å². The number of carbonyl (C=O) groups excluding carboxylic acids is 1. The molecule has 0 radical (unpaired) electrons. The molecule has 0 unspecified atom stereocenters. The number of amides is 1. The highest BCUT2D eigenvalue weighted by molar-refractivity contribution is 5.94. The zero-order chi connectivity index (χ0) is 16.2. The van der Waals surface area contributed by atoms with Gasteiger partial charge in [0.25, 0.3) is 5.91 Å². The second-order valence-corrected chi connectivity index (χ2v) is 5.78. The molecule has 6 nitrogen and oxygen atoms in total. The Hall–Kier alpha value is -2.34. The molecule has 1 fully saturated rings. The zero-order valence-electron chi connectivity index (χ0n) is 13.4. The number of rotatable bonds is 3. The van der Waals surface area contributed by atoms with Crippen LogP contribution in [0.3, 0.4) is 0 Å². The summed E-state index contributed by atoms with van der Waals surface area (Å²) in [7, 11) is 0. The molecule has 1 aliphatic heterocycles. The summed E-state index contributed by atoms with van der Waals surface area (Å²) in [6, 6.07) is 3.64. The van der Waals surface area contributed by atoms with Gasteiger partial charge in [-0.05, 0) is 18.1 Å². The van der Waals surface area contributed by atoms with Crippen molar-refractivity contribution >= 4 is 5.91 Å². The van der Waals surface area contributed by atoms with Crippen molar-refractivity contribution in [2.24, 2.45) is 0 Å². The van der Waals surface area contributed by atoms with Gasteiger partial charge in [0.15, 0.2) is 0 Å². The lowest BCUT2D eigenvalue weighted by molar-refractivity contribution is 0.0302. The van der Waals surface area contributed by atoms with E-state index in [0.717, 1.165) is 17.1 Å². The van der Waals surface area contributed by atoms with Gasteiger partial charge in [0.1, 0.15) is 5.69 Å². The van der Waals surface area contributed by atoms with E-state index < -0.39 is 0 Å². The Bertz CT molecular complexity index is 679. The van der Waals surface area contributed by atoms with Crippen LogP contribution in [-0.2, 0) is 4.74 Å². The van der Waals surface area contributed by atoms with Crippen LogP contribution in [0.1, 0.15) is 35.8 Å². The molecule has 0 saturated carbocycles. The van der Waals surface area contributed by atoms with Crippen molar-refractivity contribution in [2.45, 2.75) is 19.8 Å². The number of aromatic nitrogens is 3. The van der Waals surface area contributed by atoms with Crippen LogP contribution in [0.25, 0.3) is 11.4 Å². The Morgan fingerprint density at radius 3 is 2.52 bits per heavy atom. The first kappa shape index (κ1) is 15.6. The minimum absolute atomic E-state index is 0.00409. The summed E-state index contributed by atoms with van der Waals surface area (Å²) >= 11 is 0. The average Bonchev–Trinajstić information content (AvgIpc) is 2.62. The van der Waals surface area contributed by atoms with E-state index in [1.165, 1.54) is 0 Å². The van der Waals surface area contributed by atoms with Crippen LogP contribution >= 0.6 is 0 Å². The summed E-state index contributed by atoms with van der Waals surface area (Å²) in [5.41, 5.74) is 3.01. The summed E-state index contributed by atoms with van der Waals surface area (Å²) in [4.78, 5) is 27.4. The predicted molar refractivity (Wildman–Crippen MR) is 86.1 cm³/mol. The van der Waals surface area contributed by atoms with Crippen LogP contribution < -0.4 is 0 Å². The third-order valence-corrected chi connectivity index (χ3v) is 3.82. The van der Waals surface area contributed by atoms with E-state index in [-0.39, 0.29) is 11.8 Å². The van der Waals surface area contributed by atoms with Gasteiger partial charge in [0.05, 0.1) is 30.2 Å². The highest BCUT2D eigenvalue weighted by Gasteiger charge is 2.19. The molecule has 2 aromatic rings. The molecular weight excluding hydrogens is 292 g/mol. The Kier molecular flexibility index (Phi) is 4.62. The predicted octanol–water partition coefficient (Wildman–Crippen LogP) is 2.13. The number of hydrogen-bond donors (Lipinski definition) is 0. The Morgan fingerprint density at radius 1 is 1.13 bits per heavy atom. The standard InChI is InChI=1S/C17H20N4O2/c1-12(2)15-16(19-6-5-18-15)14-4-3-13(11-20-14)17(22)21-7-9-23-10-8-21/h3-6,11-12H,7-10H2,1-2H3. The number of hydrogen-bond acceptors (Lipinski definition) is 5. The summed E-state index contributed by atoms with van der Waals surface area (Å²) in [6.07, 6.45) is 4.97. The molecule has 1 aliphatic rings. The third kappa shape index (κ3) is 3.37. The zero-order valence-corrected chi connectivity index (χ0v) is 13.4. The second-order valence-electron chi connectivity index (χ2n) is 5.78. The fraction of sp³-hybridized carbons (Fsp3) is 0.412. The molecule has 0 aliphatic carbocycles. The number of ether oxygens (including phenoxy) is 1. The van der Waals surface area contributed by atoms with Gasteiger partial charge >= 0.3 is 0 Å². The van der Waals surface area contributed by atoms with Gasteiger partial charge in [-0.25, -0.2) is 0 Å². The Morgan fingerprint density at radius 2 is 1.87 bits per heavy atom. The lowest BCUT2D eigenvalue weighted by Gasteiger charge is -2.26. The van der Waals surface area contributed by atoms with Crippen LogP contribution in [0.5, 0.6) is 0 Å². The maximum Gasteiger partial charge on any atom is 0.255 e. The van der Waals surface area contributed by atoms with E-state index >= 15 is 0 Å². The van der Waals surface area contributed by atoms with Crippen LogP contribution in [0.4, 0.5) is 0 Å². The van der Waals surface area contributed by atoms with Crippen molar-refractivity contribution in [1.29, 1.82) is 0 Å². The summed E-state index contributed by atoms with van der Waals surface area (Å²) in [6.45, 7) is 6.58. The quantitative estimate of drug-likeness (QED) is 0.868. The van der Waals surface area contributed by atoms with Gasteiger partial charge in [-0.1, -0.05) is 13.8 Å². The van der Waals surface area contributed by atoms with Crippen LogP contribution in [-0.4, -0.2) is 52.1 Å². The largest absolute Gasteiger partial charge is 0.378 e. The molecule has 23 heavy (non-hydrogen) atoms. The van der Waals surface area contributed by atoms with Crippen molar-refractivity contribution in [3.63, 3.8) is 0 Å². The monoisotopic (exact) mass is 312 g/mol. The second kappa shape index (κ2) is 6.83. The minimum Gasteiger partial charge on any atom is -0.378 e. The summed E-state index contributed by atoms with van der Waals surface area (Å²) in [5, 5.41) is 0. The van der Waals surface area contributed by atoms with E-state index in [0.29, 0.717) is 31.9 Å². The van der Waals surface area contributed by atoms with Gasteiger partial charge in [0, 0.05) is 31.7 Å². The average molecular weight is 312 g/mol. The fourth-order valence-electron chi connectivity index (χ4n) is 2.58. The summed E-state index contributed by atoms with van der Waals surface area (Å²) in [5.74, 6) is 0.255. The number of carbonyl (C=O) groups is 1. The molecule has 0 bridgehead atoms. The maximum absolute atomic E-state index is 12.4. The van der Waals surface area contributed by atoms with Crippen molar-refractivity contribution < 1.29 is 9.53 Å². The highest BCUT2D eigenvalue weighted by Crippen LogP contribution is 2.23. The molecule has 0 spiro atoms. The highest BCUT2D eigenvalue weighted by atomic mass is 16.5. The fourth-order valence-corrected chi connectivity index (χ4v) is 2.58. The molecule has 3 rings (SSSR count). The molecular formula is C17H20N4O2. The Labute approximate surface area is 135 Å². The molecule has 6 heteroatoms. The topological polar surface area (TPSA) is 68.2 Å². The first-order chi connectivity index (χ1) is 11.2.